The number of hydrogen-bond donors (Lipinski definition) is 0. The third-order valence-electron chi connectivity index (χ3n) is 8.35. The van der Waals surface area contributed by atoms with Crippen LogP contribution >= 0.6 is 0 Å². The van der Waals surface area contributed by atoms with E-state index in [2.05, 4.69) is 32.9 Å². The molecule has 126 valence electrons. The second kappa shape index (κ2) is 5.33. The van der Waals surface area contributed by atoms with Gasteiger partial charge in [0.25, 0.3) is 0 Å². The SMILES string of the molecule is CCC[C@H]1CCC2C3C=CC4=CC(=O)CC[C@]4(C)C3CC[C@@]21C. The minimum Gasteiger partial charge on any atom is -0.295 e. The monoisotopic (exact) mass is 312 g/mol. The quantitative estimate of drug-likeness (QED) is 0.638. The predicted octanol–water partition coefficient (Wildman–Crippen LogP) is 5.71. The first-order valence-electron chi connectivity index (χ1n) is 9.92. The number of carbonyl (C=O) groups is 1. The lowest BCUT2D eigenvalue weighted by atomic mass is 9.48. The molecular formula is C22H32O. The summed E-state index contributed by atoms with van der Waals surface area (Å²) in [7, 11) is 0. The van der Waals surface area contributed by atoms with Crippen molar-refractivity contribution >= 4 is 5.78 Å². The molecule has 0 spiro atoms. The van der Waals surface area contributed by atoms with E-state index in [-0.39, 0.29) is 5.41 Å². The van der Waals surface area contributed by atoms with Crippen LogP contribution in [0.15, 0.2) is 23.8 Å². The summed E-state index contributed by atoms with van der Waals surface area (Å²) in [6.07, 6.45) is 17.0. The Bertz CT molecular complexity index is 571. The van der Waals surface area contributed by atoms with Crippen molar-refractivity contribution in [2.75, 3.05) is 0 Å². The van der Waals surface area contributed by atoms with Crippen LogP contribution in [0.1, 0.15) is 72.1 Å². The van der Waals surface area contributed by atoms with Gasteiger partial charge < -0.3 is 0 Å². The van der Waals surface area contributed by atoms with Crippen molar-refractivity contribution in [3.8, 4) is 0 Å². The fraction of sp³-hybridized carbons (Fsp3) is 0.773. The van der Waals surface area contributed by atoms with Crippen molar-refractivity contribution in [1.29, 1.82) is 0 Å². The molecule has 2 saturated carbocycles. The Morgan fingerprint density at radius 3 is 2.74 bits per heavy atom. The van der Waals surface area contributed by atoms with E-state index in [4.69, 9.17) is 0 Å². The molecular weight excluding hydrogens is 280 g/mol. The second-order valence-corrected chi connectivity index (χ2v) is 9.24. The van der Waals surface area contributed by atoms with Gasteiger partial charge in [-0.2, -0.15) is 0 Å². The van der Waals surface area contributed by atoms with Crippen molar-refractivity contribution in [3.05, 3.63) is 23.8 Å². The van der Waals surface area contributed by atoms with Crippen molar-refractivity contribution in [2.24, 2.45) is 34.5 Å². The Morgan fingerprint density at radius 2 is 1.96 bits per heavy atom. The number of rotatable bonds is 2. The molecule has 4 aliphatic carbocycles. The Labute approximate surface area is 141 Å². The number of carbonyl (C=O) groups excluding carboxylic acids is 1. The summed E-state index contributed by atoms with van der Waals surface area (Å²) < 4.78 is 0. The molecule has 0 heterocycles. The fourth-order valence-electron chi connectivity index (χ4n) is 6.93. The molecule has 1 nitrogen and oxygen atoms in total. The van der Waals surface area contributed by atoms with Crippen LogP contribution in [0.3, 0.4) is 0 Å². The third kappa shape index (κ3) is 2.14. The molecule has 0 aliphatic heterocycles. The molecule has 0 N–H and O–H groups in total. The summed E-state index contributed by atoms with van der Waals surface area (Å²) in [6, 6.07) is 0. The van der Waals surface area contributed by atoms with Crippen molar-refractivity contribution < 1.29 is 4.79 Å². The van der Waals surface area contributed by atoms with E-state index >= 15 is 0 Å². The molecule has 0 aromatic carbocycles. The first kappa shape index (κ1) is 15.7. The molecule has 6 atom stereocenters. The van der Waals surface area contributed by atoms with Crippen LogP contribution in [0.5, 0.6) is 0 Å². The largest absolute Gasteiger partial charge is 0.295 e. The first-order valence-corrected chi connectivity index (χ1v) is 9.92. The molecule has 23 heavy (non-hydrogen) atoms. The van der Waals surface area contributed by atoms with E-state index in [1.807, 2.05) is 6.08 Å². The zero-order valence-electron chi connectivity index (χ0n) is 15.1. The van der Waals surface area contributed by atoms with Gasteiger partial charge in [0.05, 0.1) is 0 Å². The summed E-state index contributed by atoms with van der Waals surface area (Å²) in [5.74, 6) is 3.69. The van der Waals surface area contributed by atoms with Crippen LogP contribution in [-0.4, -0.2) is 5.78 Å². The highest BCUT2D eigenvalue weighted by atomic mass is 16.1. The van der Waals surface area contributed by atoms with E-state index in [1.165, 1.54) is 44.1 Å². The van der Waals surface area contributed by atoms with Gasteiger partial charge in [-0.3, -0.25) is 4.79 Å². The van der Waals surface area contributed by atoms with Crippen LogP contribution < -0.4 is 0 Å². The molecule has 3 unspecified atom stereocenters. The smallest absolute Gasteiger partial charge is 0.156 e. The summed E-state index contributed by atoms with van der Waals surface area (Å²) >= 11 is 0. The fourth-order valence-corrected chi connectivity index (χ4v) is 6.93. The van der Waals surface area contributed by atoms with Crippen molar-refractivity contribution in [3.63, 3.8) is 0 Å². The van der Waals surface area contributed by atoms with Gasteiger partial charge >= 0.3 is 0 Å². The predicted molar refractivity (Wildman–Crippen MR) is 95.0 cm³/mol. The Kier molecular flexibility index (Phi) is 3.63. The highest BCUT2D eigenvalue weighted by Gasteiger charge is 2.57. The number of hydrogen-bond acceptors (Lipinski definition) is 1. The maximum absolute atomic E-state index is 11.9. The normalized spacial score (nSPS) is 48.5. The van der Waals surface area contributed by atoms with Gasteiger partial charge in [-0.25, -0.2) is 0 Å². The molecule has 0 radical (unpaired) electrons. The second-order valence-electron chi connectivity index (χ2n) is 9.24. The molecule has 1 heteroatoms. The lowest BCUT2D eigenvalue weighted by molar-refractivity contribution is -0.116. The van der Waals surface area contributed by atoms with E-state index in [0.717, 1.165) is 36.5 Å². The zero-order valence-corrected chi connectivity index (χ0v) is 15.1. The third-order valence-corrected chi connectivity index (χ3v) is 8.35. The minimum absolute atomic E-state index is 0.261. The summed E-state index contributed by atoms with van der Waals surface area (Å²) in [4.78, 5) is 11.9. The lowest BCUT2D eigenvalue weighted by Gasteiger charge is -2.56. The van der Waals surface area contributed by atoms with Gasteiger partial charge in [0.1, 0.15) is 0 Å². The van der Waals surface area contributed by atoms with Gasteiger partial charge in [-0.1, -0.05) is 45.8 Å². The maximum Gasteiger partial charge on any atom is 0.156 e. The highest BCUT2D eigenvalue weighted by molar-refractivity contribution is 5.92. The van der Waals surface area contributed by atoms with Crippen LogP contribution in [-0.2, 0) is 4.79 Å². The van der Waals surface area contributed by atoms with Gasteiger partial charge in [0, 0.05) is 6.42 Å². The Hall–Kier alpha value is -0.850. The molecule has 0 amide bonds. The van der Waals surface area contributed by atoms with Gasteiger partial charge in [-0.15, -0.1) is 0 Å². The maximum atomic E-state index is 11.9. The highest BCUT2D eigenvalue weighted by Crippen LogP contribution is 2.65. The summed E-state index contributed by atoms with van der Waals surface area (Å²) in [5.41, 5.74) is 2.17. The molecule has 4 rings (SSSR count). The molecule has 0 bridgehead atoms. The van der Waals surface area contributed by atoms with E-state index in [0.29, 0.717) is 11.2 Å². The van der Waals surface area contributed by atoms with Crippen molar-refractivity contribution in [2.45, 2.75) is 72.1 Å². The Balaban J connectivity index is 1.68. The number of allylic oxidation sites excluding steroid dienone is 4. The lowest BCUT2D eigenvalue weighted by Crippen LogP contribution is -2.48. The summed E-state index contributed by atoms with van der Waals surface area (Å²) in [5, 5.41) is 0. The Morgan fingerprint density at radius 1 is 1.13 bits per heavy atom. The zero-order chi connectivity index (χ0) is 16.2. The van der Waals surface area contributed by atoms with E-state index in [9.17, 15) is 4.79 Å². The topological polar surface area (TPSA) is 17.1 Å². The molecule has 4 aliphatic rings. The van der Waals surface area contributed by atoms with Gasteiger partial charge in [0.15, 0.2) is 5.78 Å². The average Bonchev–Trinajstić information content (AvgIpc) is 2.85. The van der Waals surface area contributed by atoms with Gasteiger partial charge in [0.2, 0.25) is 0 Å². The van der Waals surface area contributed by atoms with E-state index in [1.54, 1.807) is 0 Å². The molecule has 0 aromatic heterocycles. The first-order chi connectivity index (χ1) is 11.0. The van der Waals surface area contributed by atoms with Crippen molar-refractivity contribution in [1.82, 2.24) is 0 Å². The van der Waals surface area contributed by atoms with Crippen LogP contribution in [0.25, 0.3) is 0 Å². The van der Waals surface area contributed by atoms with Gasteiger partial charge in [-0.05, 0) is 78.3 Å². The van der Waals surface area contributed by atoms with E-state index < -0.39 is 0 Å². The number of fused-ring (bicyclic) bond motifs is 5. The van der Waals surface area contributed by atoms with Crippen LogP contribution in [0.4, 0.5) is 0 Å². The minimum atomic E-state index is 0.261. The average molecular weight is 312 g/mol. The van der Waals surface area contributed by atoms with Crippen LogP contribution in [0.2, 0.25) is 0 Å². The molecule has 0 aromatic rings. The van der Waals surface area contributed by atoms with Crippen LogP contribution in [0, 0.1) is 34.5 Å². The standard InChI is InChI=1S/C22H32O/c1-4-5-15-7-9-19-18-8-6-16-14-17(23)10-12-22(16,3)20(18)11-13-21(15,19)2/h6,8,14-15,18-20H,4-5,7,9-13H2,1-3H3/t15-,18?,19?,20?,21+,22-/m0/s1. The molecule has 0 saturated heterocycles. The summed E-state index contributed by atoms with van der Waals surface area (Å²) in [6.45, 7) is 7.40. The number of ketones is 1. The molecule has 2 fully saturated rings.